The highest BCUT2D eigenvalue weighted by Gasteiger charge is 2.36. The zero-order valence-corrected chi connectivity index (χ0v) is 13.3. The van der Waals surface area contributed by atoms with Crippen LogP contribution >= 0.6 is 22.6 Å². The van der Waals surface area contributed by atoms with Gasteiger partial charge in [-0.15, -0.1) is 0 Å². The third-order valence-corrected chi connectivity index (χ3v) is 4.78. The lowest BCUT2D eigenvalue weighted by Gasteiger charge is -2.15. The van der Waals surface area contributed by atoms with E-state index in [2.05, 4.69) is 22.6 Å². The number of carbonyl (C=O) groups excluding carboxylic acids is 2. The molecule has 0 aromatic heterocycles. The normalized spacial score (nSPS) is 21.6. The van der Waals surface area contributed by atoms with Crippen LogP contribution in [-0.4, -0.2) is 36.0 Å². The average Bonchev–Trinajstić information content (AvgIpc) is 3.02. The van der Waals surface area contributed by atoms with E-state index in [1.165, 1.54) is 4.90 Å². The van der Waals surface area contributed by atoms with Gasteiger partial charge in [-0.1, -0.05) is 6.07 Å². The Morgan fingerprint density at radius 1 is 1.30 bits per heavy atom. The molecule has 2 aliphatic rings. The number of halogens is 1. The highest BCUT2D eigenvalue weighted by atomic mass is 127. The number of rotatable bonds is 4. The molecule has 0 N–H and O–H groups in total. The predicted octanol–water partition coefficient (Wildman–Crippen LogP) is 2.85. The van der Waals surface area contributed by atoms with Gasteiger partial charge in [0.2, 0.25) is 0 Å². The first-order valence-corrected chi connectivity index (χ1v) is 8.02. The van der Waals surface area contributed by atoms with E-state index in [1.54, 1.807) is 6.07 Å². The zero-order chi connectivity index (χ0) is 14.1. The maximum atomic E-state index is 12.3. The fourth-order valence-electron chi connectivity index (χ4n) is 2.84. The van der Waals surface area contributed by atoms with Gasteiger partial charge in [-0.3, -0.25) is 14.5 Å². The van der Waals surface area contributed by atoms with Gasteiger partial charge in [0.25, 0.3) is 11.8 Å². The summed E-state index contributed by atoms with van der Waals surface area (Å²) in [7, 11) is 0. The number of amides is 2. The van der Waals surface area contributed by atoms with E-state index in [-0.39, 0.29) is 11.8 Å². The van der Waals surface area contributed by atoms with Crippen molar-refractivity contribution in [3.05, 3.63) is 32.9 Å². The molecule has 0 bridgehead atoms. The Balaban J connectivity index is 1.65. The monoisotopic (exact) mass is 385 g/mol. The Morgan fingerprint density at radius 3 is 2.85 bits per heavy atom. The van der Waals surface area contributed by atoms with Gasteiger partial charge in [-0.05, 0) is 60.4 Å². The van der Waals surface area contributed by atoms with Crippen molar-refractivity contribution < 1.29 is 14.3 Å². The van der Waals surface area contributed by atoms with Gasteiger partial charge in [-0.25, -0.2) is 0 Å². The van der Waals surface area contributed by atoms with Crippen LogP contribution in [0.2, 0.25) is 0 Å². The molecule has 1 aromatic rings. The molecule has 4 nitrogen and oxygen atoms in total. The topological polar surface area (TPSA) is 46.6 Å². The summed E-state index contributed by atoms with van der Waals surface area (Å²) in [5.74, 6) is -0.307. The van der Waals surface area contributed by atoms with Crippen molar-refractivity contribution in [2.45, 2.75) is 31.8 Å². The third-order valence-electron chi connectivity index (χ3n) is 3.88. The van der Waals surface area contributed by atoms with Crippen LogP contribution in [0.1, 0.15) is 46.4 Å². The van der Waals surface area contributed by atoms with Crippen molar-refractivity contribution in [1.82, 2.24) is 4.90 Å². The lowest BCUT2D eigenvalue weighted by atomic mass is 10.1. The van der Waals surface area contributed by atoms with Crippen molar-refractivity contribution >= 4 is 34.4 Å². The van der Waals surface area contributed by atoms with E-state index in [4.69, 9.17) is 4.74 Å². The Hall–Kier alpha value is -0.950. The average molecular weight is 385 g/mol. The first kappa shape index (κ1) is 14.0. The van der Waals surface area contributed by atoms with Crippen LogP contribution in [0.25, 0.3) is 0 Å². The molecule has 3 rings (SSSR count). The van der Waals surface area contributed by atoms with Gasteiger partial charge in [0.1, 0.15) is 0 Å². The third kappa shape index (κ3) is 2.48. The van der Waals surface area contributed by atoms with E-state index in [0.717, 1.165) is 35.9 Å². The summed E-state index contributed by atoms with van der Waals surface area (Å²) in [5.41, 5.74) is 1.11. The van der Waals surface area contributed by atoms with Gasteiger partial charge >= 0.3 is 0 Å². The van der Waals surface area contributed by atoms with Crippen LogP contribution in [0.15, 0.2) is 18.2 Å². The lowest BCUT2D eigenvalue weighted by Crippen LogP contribution is -2.31. The Bertz CT molecular complexity index is 552. The van der Waals surface area contributed by atoms with Crippen molar-refractivity contribution in [3.63, 3.8) is 0 Å². The van der Waals surface area contributed by atoms with Gasteiger partial charge in [0, 0.05) is 16.7 Å². The standard InChI is InChI=1S/C15H16INO3/c16-12-7-1-6-11-13(12)15(19)17(14(11)18)8-2-4-10-5-3-9-20-10/h1,6-7,10H,2-5,8-9H2. The minimum atomic E-state index is -0.157. The first-order valence-electron chi connectivity index (χ1n) is 6.95. The molecule has 2 amide bonds. The minimum absolute atomic E-state index is 0.151. The quantitative estimate of drug-likeness (QED) is 0.592. The summed E-state index contributed by atoms with van der Waals surface area (Å²) in [6.45, 7) is 1.33. The van der Waals surface area contributed by atoms with Crippen LogP contribution in [0.5, 0.6) is 0 Å². The fourth-order valence-corrected chi connectivity index (χ4v) is 3.57. The molecule has 1 unspecified atom stereocenters. The van der Waals surface area contributed by atoms with E-state index < -0.39 is 0 Å². The number of carbonyl (C=O) groups is 2. The van der Waals surface area contributed by atoms with Gasteiger partial charge in [-0.2, -0.15) is 0 Å². The number of imide groups is 1. The molecule has 1 aromatic carbocycles. The molecule has 5 heteroatoms. The van der Waals surface area contributed by atoms with Crippen molar-refractivity contribution in [3.8, 4) is 0 Å². The van der Waals surface area contributed by atoms with Crippen LogP contribution in [0, 0.1) is 3.57 Å². The summed E-state index contributed by atoms with van der Waals surface area (Å²) in [5, 5.41) is 0. The summed E-state index contributed by atoms with van der Waals surface area (Å²) in [6, 6.07) is 5.42. The molecule has 0 spiro atoms. The second-order valence-electron chi connectivity index (χ2n) is 5.20. The molecule has 2 aliphatic heterocycles. The van der Waals surface area contributed by atoms with E-state index in [0.29, 0.717) is 23.8 Å². The van der Waals surface area contributed by atoms with E-state index >= 15 is 0 Å². The molecule has 20 heavy (non-hydrogen) atoms. The summed E-state index contributed by atoms with van der Waals surface area (Å²) >= 11 is 2.11. The molecule has 0 radical (unpaired) electrons. The second kappa shape index (κ2) is 5.81. The molecule has 2 heterocycles. The van der Waals surface area contributed by atoms with Crippen LogP contribution in [0.4, 0.5) is 0 Å². The van der Waals surface area contributed by atoms with E-state index in [1.807, 2.05) is 12.1 Å². The van der Waals surface area contributed by atoms with Gasteiger partial charge in [0.15, 0.2) is 0 Å². The SMILES string of the molecule is O=C1c2cccc(I)c2C(=O)N1CCCC1CCCO1. The molecule has 106 valence electrons. The highest BCUT2D eigenvalue weighted by Crippen LogP contribution is 2.27. The maximum Gasteiger partial charge on any atom is 0.262 e. The molecule has 1 fully saturated rings. The van der Waals surface area contributed by atoms with Crippen molar-refractivity contribution in [1.29, 1.82) is 0 Å². The predicted molar refractivity (Wildman–Crippen MR) is 82.7 cm³/mol. The molecular formula is C15H16INO3. The number of fused-ring (bicyclic) bond motifs is 1. The van der Waals surface area contributed by atoms with Gasteiger partial charge in [0.05, 0.1) is 17.2 Å². The number of nitrogens with zero attached hydrogens (tertiary/aromatic N) is 1. The number of hydrogen-bond donors (Lipinski definition) is 0. The largest absolute Gasteiger partial charge is 0.378 e. The van der Waals surface area contributed by atoms with Crippen molar-refractivity contribution in [2.75, 3.05) is 13.2 Å². The highest BCUT2D eigenvalue weighted by molar-refractivity contribution is 14.1. The molecular weight excluding hydrogens is 369 g/mol. The second-order valence-corrected chi connectivity index (χ2v) is 6.36. The summed E-state index contributed by atoms with van der Waals surface area (Å²) in [4.78, 5) is 26.0. The van der Waals surface area contributed by atoms with Gasteiger partial charge < -0.3 is 4.74 Å². The fraction of sp³-hybridized carbons (Fsp3) is 0.467. The van der Waals surface area contributed by atoms with Crippen LogP contribution in [-0.2, 0) is 4.74 Å². The molecule has 1 saturated heterocycles. The Labute approximate surface area is 131 Å². The summed E-state index contributed by atoms with van der Waals surface area (Å²) in [6.07, 6.45) is 4.26. The van der Waals surface area contributed by atoms with E-state index in [9.17, 15) is 9.59 Å². The van der Waals surface area contributed by atoms with Crippen LogP contribution < -0.4 is 0 Å². The number of hydrogen-bond acceptors (Lipinski definition) is 3. The first-order chi connectivity index (χ1) is 9.68. The lowest BCUT2D eigenvalue weighted by molar-refractivity contribution is 0.0629. The molecule has 0 saturated carbocycles. The number of benzene rings is 1. The Morgan fingerprint density at radius 2 is 2.15 bits per heavy atom. The van der Waals surface area contributed by atoms with Crippen molar-refractivity contribution in [2.24, 2.45) is 0 Å². The smallest absolute Gasteiger partial charge is 0.262 e. The van der Waals surface area contributed by atoms with Crippen LogP contribution in [0.3, 0.4) is 0 Å². The zero-order valence-electron chi connectivity index (χ0n) is 11.1. The summed E-state index contributed by atoms with van der Waals surface area (Å²) < 4.78 is 6.41. The minimum Gasteiger partial charge on any atom is -0.378 e. The molecule has 1 atom stereocenters. The Kier molecular flexibility index (Phi) is 4.07. The molecule has 0 aliphatic carbocycles. The number of ether oxygens (including phenoxy) is 1. The maximum absolute atomic E-state index is 12.3.